The maximum Gasteiger partial charge on any atom is 0.507 e. The summed E-state index contributed by atoms with van der Waals surface area (Å²) in [5, 5.41) is 7.32. The van der Waals surface area contributed by atoms with Gasteiger partial charge in [-0.1, -0.05) is 0 Å². The molecule has 0 bridgehead atoms. The molecule has 0 aliphatic rings. The zero-order valence-corrected chi connectivity index (χ0v) is 5.67. The minimum absolute atomic E-state index is 0.657. The van der Waals surface area contributed by atoms with Crippen molar-refractivity contribution in [1.82, 2.24) is 0 Å². The van der Waals surface area contributed by atoms with E-state index in [1.165, 1.54) is 21.1 Å². The average molecular weight is 131 g/mol. The van der Waals surface area contributed by atoms with Gasteiger partial charge in [0.25, 0.3) is 0 Å². The first-order chi connectivity index (χ1) is 4.22. The lowest BCUT2D eigenvalue weighted by atomic mass is 11.0. The van der Waals surface area contributed by atoms with Crippen LogP contribution in [0.3, 0.4) is 0 Å². The molecule has 4 heteroatoms. The lowest BCUT2D eigenvalue weighted by Gasteiger charge is -1.89. The predicted octanol–water partition coefficient (Wildman–Crippen LogP) is 0.929. The predicted molar refractivity (Wildman–Crippen MR) is 30.7 cm³/mol. The Morgan fingerprint density at radius 3 is 1.67 bits per heavy atom. The highest BCUT2D eigenvalue weighted by atomic mass is 16.7. The van der Waals surface area contributed by atoms with Crippen molar-refractivity contribution in [2.45, 2.75) is 6.92 Å². The normalized spacial score (nSPS) is 5.56. The van der Waals surface area contributed by atoms with Crippen LogP contribution < -0.4 is 0 Å². The quantitative estimate of drug-likeness (QED) is 0.459. The summed E-state index contributed by atoms with van der Waals surface area (Å²) in [6.45, 7) is 1.43. The number of rotatable bonds is 0. The van der Waals surface area contributed by atoms with Crippen LogP contribution in [0.4, 0.5) is 4.79 Å². The zero-order valence-electron chi connectivity index (χ0n) is 5.67. The molecule has 0 radical (unpaired) electrons. The van der Waals surface area contributed by atoms with Gasteiger partial charge in [-0.3, -0.25) is 0 Å². The second kappa shape index (κ2) is 9.90. The zero-order chi connectivity index (χ0) is 7.70. The first-order valence-corrected chi connectivity index (χ1v) is 2.15. The topological polar surface area (TPSA) is 59.3 Å². The smallest absolute Gasteiger partial charge is 0.438 e. The molecule has 0 aromatic rings. The molecule has 0 spiro atoms. The molecule has 0 aliphatic heterocycles. The maximum atomic E-state index is 9.74. The summed E-state index contributed by atoms with van der Waals surface area (Å²) in [5.74, 6) is 0. The molecule has 4 nitrogen and oxygen atoms in total. The van der Waals surface area contributed by atoms with Gasteiger partial charge in [-0.25, -0.2) is 4.79 Å². The van der Waals surface area contributed by atoms with Crippen molar-refractivity contribution < 1.29 is 14.3 Å². The van der Waals surface area contributed by atoms with Crippen molar-refractivity contribution in [1.29, 1.82) is 5.26 Å². The molecule has 0 atom stereocenters. The molecule has 9 heavy (non-hydrogen) atoms. The van der Waals surface area contributed by atoms with Crippen LogP contribution in [0.25, 0.3) is 0 Å². The van der Waals surface area contributed by atoms with E-state index < -0.39 is 6.16 Å². The fourth-order valence-electron chi connectivity index (χ4n) is 0.0833. The second-order valence-corrected chi connectivity index (χ2v) is 0.882. The molecule has 52 valence electrons. The van der Waals surface area contributed by atoms with E-state index in [9.17, 15) is 4.79 Å². The van der Waals surface area contributed by atoms with Crippen LogP contribution >= 0.6 is 0 Å². The van der Waals surface area contributed by atoms with Crippen LogP contribution in [0.2, 0.25) is 0 Å². The molecular weight excluding hydrogens is 122 g/mol. The monoisotopic (exact) mass is 131 g/mol. The number of hydrogen-bond donors (Lipinski definition) is 0. The first kappa shape index (κ1) is 10.7. The van der Waals surface area contributed by atoms with Gasteiger partial charge in [0.2, 0.25) is 0 Å². The Hall–Kier alpha value is -1.24. The summed E-state index contributed by atoms with van der Waals surface area (Å²) >= 11 is 0. The lowest BCUT2D eigenvalue weighted by molar-refractivity contribution is 0.0924. The van der Waals surface area contributed by atoms with E-state index in [-0.39, 0.29) is 0 Å². The lowest BCUT2D eigenvalue weighted by Crippen LogP contribution is -1.97. The van der Waals surface area contributed by atoms with Crippen LogP contribution in [0.5, 0.6) is 0 Å². The Morgan fingerprint density at radius 1 is 1.44 bits per heavy atom. The highest BCUT2D eigenvalue weighted by Gasteiger charge is 1.88. The molecule has 0 unspecified atom stereocenters. The fraction of sp³-hybridized carbons (Fsp3) is 0.600. The maximum absolute atomic E-state index is 9.74. The number of ether oxygens (including phenoxy) is 2. The van der Waals surface area contributed by atoms with Gasteiger partial charge >= 0.3 is 6.16 Å². The third-order valence-corrected chi connectivity index (χ3v) is 0.333. The first-order valence-electron chi connectivity index (χ1n) is 2.15. The Bertz CT molecular complexity index is 99.3. The molecule has 0 amide bonds. The molecule has 0 rings (SSSR count). The van der Waals surface area contributed by atoms with E-state index in [4.69, 9.17) is 5.26 Å². The number of nitrogens with zero attached hydrogens (tertiary/aromatic N) is 1. The summed E-state index contributed by atoms with van der Waals surface area (Å²) in [4.78, 5) is 9.74. The Balaban J connectivity index is 0. The third kappa shape index (κ3) is 20.1. The molecule has 0 heterocycles. The van der Waals surface area contributed by atoms with Gasteiger partial charge in [0.1, 0.15) is 0 Å². The molecule has 0 aliphatic carbocycles. The molecule has 0 saturated carbocycles. The Labute approximate surface area is 54.0 Å². The molecular formula is C5H9NO3. The summed E-state index contributed by atoms with van der Waals surface area (Å²) in [7, 11) is 2.51. The van der Waals surface area contributed by atoms with Crippen molar-refractivity contribution in [3.05, 3.63) is 0 Å². The summed E-state index contributed by atoms with van der Waals surface area (Å²) in [6, 6.07) is 1.75. The SMILES string of the molecule is CC#N.COC(=O)OC. The molecule has 0 aromatic carbocycles. The van der Waals surface area contributed by atoms with Crippen LogP contribution in [0.15, 0.2) is 0 Å². The van der Waals surface area contributed by atoms with E-state index in [0.29, 0.717) is 0 Å². The van der Waals surface area contributed by atoms with Crippen LogP contribution in [-0.4, -0.2) is 20.4 Å². The van der Waals surface area contributed by atoms with Gasteiger partial charge < -0.3 is 9.47 Å². The van der Waals surface area contributed by atoms with Crippen molar-refractivity contribution in [3.8, 4) is 6.07 Å². The van der Waals surface area contributed by atoms with Gasteiger partial charge in [-0.2, -0.15) is 5.26 Å². The highest BCUT2D eigenvalue weighted by Crippen LogP contribution is 1.72. The minimum atomic E-state index is -0.657. The number of nitriles is 1. The molecule has 0 aromatic heterocycles. The number of methoxy groups -OCH3 is 2. The summed E-state index contributed by atoms with van der Waals surface area (Å²) < 4.78 is 8.08. The number of carbonyl (C=O) groups is 1. The highest BCUT2D eigenvalue weighted by molar-refractivity contribution is 5.59. The Morgan fingerprint density at radius 2 is 1.67 bits per heavy atom. The largest absolute Gasteiger partial charge is 0.507 e. The second-order valence-electron chi connectivity index (χ2n) is 0.882. The van der Waals surface area contributed by atoms with E-state index in [1.807, 2.05) is 0 Å². The fourth-order valence-corrected chi connectivity index (χ4v) is 0.0833. The van der Waals surface area contributed by atoms with Gasteiger partial charge in [-0.15, -0.1) is 0 Å². The molecule has 0 fully saturated rings. The van der Waals surface area contributed by atoms with E-state index in [2.05, 4.69) is 9.47 Å². The van der Waals surface area contributed by atoms with Gasteiger partial charge in [0, 0.05) is 6.92 Å². The average Bonchev–Trinajstić information content (AvgIpc) is 1.88. The van der Waals surface area contributed by atoms with E-state index >= 15 is 0 Å². The molecule has 0 saturated heterocycles. The summed E-state index contributed by atoms with van der Waals surface area (Å²) in [5.41, 5.74) is 0. The van der Waals surface area contributed by atoms with Crippen LogP contribution in [-0.2, 0) is 9.47 Å². The standard InChI is InChI=1S/C3H6O3.C2H3N/c1-5-3(4)6-2;1-2-3/h1-2H3;1H3. The molecule has 0 N–H and O–H groups in total. The summed E-state index contributed by atoms with van der Waals surface area (Å²) in [6.07, 6.45) is -0.657. The van der Waals surface area contributed by atoms with Crippen molar-refractivity contribution in [2.24, 2.45) is 0 Å². The van der Waals surface area contributed by atoms with Crippen LogP contribution in [0.1, 0.15) is 6.92 Å². The minimum Gasteiger partial charge on any atom is -0.438 e. The number of hydrogen-bond acceptors (Lipinski definition) is 4. The van der Waals surface area contributed by atoms with Crippen molar-refractivity contribution in [3.63, 3.8) is 0 Å². The van der Waals surface area contributed by atoms with Crippen molar-refractivity contribution in [2.75, 3.05) is 14.2 Å². The van der Waals surface area contributed by atoms with E-state index in [1.54, 1.807) is 6.07 Å². The van der Waals surface area contributed by atoms with Crippen molar-refractivity contribution >= 4 is 6.16 Å². The Kier molecular flexibility index (Phi) is 11.8. The van der Waals surface area contributed by atoms with Gasteiger partial charge in [0.05, 0.1) is 20.3 Å². The van der Waals surface area contributed by atoms with Gasteiger partial charge in [-0.05, 0) is 0 Å². The van der Waals surface area contributed by atoms with Crippen LogP contribution in [0, 0.1) is 11.3 Å². The van der Waals surface area contributed by atoms with E-state index in [0.717, 1.165) is 0 Å². The third-order valence-electron chi connectivity index (χ3n) is 0.333. The van der Waals surface area contributed by atoms with Gasteiger partial charge in [0.15, 0.2) is 0 Å². The number of carbonyl (C=O) groups excluding carboxylic acids is 1.